The first-order valence-electron chi connectivity index (χ1n) is 7.20. The van der Waals surface area contributed by atoms with Crippen molar-refractivity contribution >= 4 is 22.2 Å². The molecule has 0 saturated heterocycles. The van der Waals surface area contributed by atoms with Crippen LogP contribution in [0.15, 0.2) is 29.4 Å². The van der Waals surface area contributed by atoms with Gasteiger partial charge in [-0.05, 0) is 17.2 Å². The molecule has 5 nitrogen and oxygen atoms in total. The second-order valence-electron chi connectivity index (χ2n) is 5.57. The summed E-state index contributed by atoms with van der Waals surface area (Å²) in [6, 6.07) is 1.42. The van der Waals surface area contributed by atoms with Gasteiger partial charge in [0.2, 0.25) is 0 Å². The minimum atomic E-state index is -4.68. The summed E-state index contributed by atoms with van der Waals surface area (Å²) in [4.78, 5) is 10.9. The second kappa shape index (κ2) is 6.37. The van der Waals surface area contributed by atoms with Crippen LogP contribution in [0.5, 0.6) is 0 Å². The molecule has 0 saturated carbocycles. The smallest absolute Gasteiger partial charge is 0.433 e. The molecule has 3 aromatic rings. The fourth-order valence-corrected chi connectivity index (χ4v) is 3.15. The topological polar surface area (TPSA) is 66.7 Å². The van der Waals surface area contributed by atoms with E-state index >= 15 is 0 Å². The minimum Gasteiger partial charge on any atom is -0.612 e. The lowest BCUT2D eigenvalue weighted by atomic mass is 10.2. The number of nitrogens with zero attached hydrogens (tertiary/aromatic N) is 4. The van der Waals surface area contributed by atoms with Crippen molar-refractivity contribution in [1.82, 2.24) is 19.5 Å². The molecular formula is C15H10F6N4OS. The van der Waals surface area contributed by atoms with Crippen molar-refractivity contribution in [2.45, 2.75) is 17.2 Å². The molecule has 0 radical (unpaired) electrons. The highest BCUT2D eigenvalue weighted by atomic mass is 32.2. The Kier molecular flexibility index (Phi) is 4.58. The Morgan fingerprint density at radius 1 is 1.00 bits per heavy atom. The number of hydrogen-bond donors (Lipinski definition) is 0. The van der Waals surface area contributed by atoms with Gasteiger partial charge in [0.15, 0.2) is 16.4 Å². The molecule has 0 bridgehead atoms. The standard InChI is InChI=1S/C15H10F6N4OS/c1-25-9-6-22-11(15(19,20)21)4-8(9)24-13(25)12-10(27(2)26)3-7(5-23-12)14(16,17)18/h3-6H,1-2H3. The highest BCUT2D eigenvalue weighted by Gasteiger charge is 2.35. The Hall–Kier alpha value is -2.34. The summed E-state index contributed by atoms with van der Waals surface area (Å²) < 4.78 is 90.4. The van der Waals surface area contributed by atoms with Crippen molar-refractivity contribution in [3.05, 3.63) is 35.8 Å². The summed E-state index contributed by atoms with van der Waals surface area (Å²) in [5.41, 5.74) is -2.21. The zero-order valence-electron chi connectivity index (χ0n) is 13.7. The van der Waals surface area contributed by atoms with Crippen LogP contribution in [0.25, 0.3) is 22.6 Å². The molecule has 144 valence electrons. The molecule has 0 aliphatic rings. The average Bonchev–Trinajstić information content (AvgIpc) is 2.89. The van der Waals surface area contributed by atoms with E-state index in [2.05, 4.69) is 15.0 Å². The highest BCUT2D eigenvalue weighted by Crippen LogP contribution is 2.35. The lowest BCUT2D eigenvalue weighted by Crippen LogP contribution is -2.11. The fraction of sp³-hybridized carbons (Fsp3) is 0.267. The van der Waals surface area contributed by atoms with E-state index in [-0.39, 0.29) is 27.4 Å². The average molecular weight is 408 g/mol. The molecule has 0 fully saturated rings. The van der Waals surface area contributed by atoms with E-state index in [1.165, 1.54) is 17.9 Å². The Bertz CT molecular complexity index is 1010. The molecule has 3 aromatic heterocycles. The Labute approximate surface area is 151 Å². The van der Waals surface area contributed by atoms with Gasteiger partial charge < -0.3 is 9.12 Å². The lowest BCUT2D eigenvalue weighted by molar-refractivity contribution is -0.141. The van der Waals surface area contributed by atoms with Crippen molar-refractivity contribution in [1.29, 1.82) is 0 Å². The monoisotopic (exact) mass is 408 g/mol. The number of aromatic nitrogens is 4. The Morgan fingerprint density at radius 3 is 2.22 bits per heavy atom. The van der Waals surface area contributed by atoms with Gasteiger partial charge in [0.05, 0.1) is 22.8 Å². The third kappa shape index (κ3) is 3.58. The molecule has 3 heterocycles. The largest absolute Gasteiger partial charge is 0.612 e. The molecule has 27 heavy (non-hydrogen) atoms. The van der Waals surface area contributed by atoms with Crippen LogP contribution in [0.3, 0.4) is 0 Å². The van der Waals surface area contributed by atoms with Crippen LogP contribution in [0.1, 0.15) is 11.3 Å². The number of imidazole rings is 1. The van der Waals surface area contributed by atoms with Gasteiger partial charge in [-0.25, -0.2) is 15.0 Å². The first kappa shape index (κ1) is 19.4. The minimum absolute atomic E-state index is 0.0231. The molecule has 0 spiro atoms. The highest BCUT2D eigenvalue weighted by molar-refractivity contribution is 7.90. The molecule has 0 aliphatic carbocycles. The summed E-state index contributed by atoms with van der Waals surface area (Å²) in [5.74, 6) is -0.0231. The molecule has 3 rings (SSSR count). The predicted molar refractivity (Wildman–Crippen MR) is 84.1 cm³/mol. The van der Waals surface area contributed by atoms with Crippen LogP contribution in [-0.4, -0.2) is 30.3 Å². The molecule has 0 aliphatic heterocycles. The van der Waals surface area contributed by atoms with Gasteiger partial charge in [-0.3, -0.25) is 0 Å². The maximum absolute atomic E-state index is 12.9. The number of pyridine rings is 2. The third-order valence-electron chi connectivity index (χ3n) is 3.76. The summed E-state index contributed by atoms with van der Waals surface area (Å²) in [5, 5.41) is 0. The van der Waals surface area contributed by atoms with Gasteiger partial charge >= 0.3 is 12.4 Å². The van der Waals surface area contributed by atoms with Crippen LogP contribution in [0, 0.1) is 0 Å². The van der Waals surface area contributed by atoms with E-state index in [0.29, 0.717) is 12.3 Å². The second-order valence-corrected chi connectivity index (χ2v) is 6.92. The van der Waals surface area contributed by atoms with Gasteiger partial charge in [-0.1, -0.05) is 0 Å². The van der Waals surface area contributed by atoms with Crippen LogP contribution in [-0.2, 0) is 30.6 Å². The van der Waals surface area contributed by atoms with E-state index in [0.717, 1.165) is 12.3 Å². The molecule has 0 aromatic carbocycles. The van der Waals surface area contributed by atoms with E-state index < -0.39 is 34.8 Å². The first-order valence-corrected chi connectivity index (χ1v) is 8.76. The van der Waals surface area contributed by atoms with E-state index in [4.69, 9.17) is 0 Å². The Balaban J connectivity index is 2.21. The summed E-state index contributed by atoms with van der Waals surface area (Å²) in [6.07, 6.45) is -6.66. The van der Waals surface area contributed by atoms with Crippen molar-refractivity contribution in [3.8, 4) is 11.5 Å². The van der Waals surface area contributed by atoms with Crippen LogP contribution in [0.4, 0.5) is 26.3 Å². The number of hydrogen-bond acceptors (Lipinski definition) is 4. The van der Waals surface area contributed by atoms with Crippen molar-refractivity contribution in [2.75, 3.05) is 6.26 Å². The zero-order valence-corrected chi connectivity index (χ0v) is 14.5. The first-order chi connectivity index (χ1) is 12.4. The van der Waals surface area contributed by atoms with E-state index in [1.807, 2.05) is 0 Å². The maximum atomic E-state index is 12.9. The molecule has 1 unspecified atom stereocenters. The number of alkyl halides is 6. The molecule has 1 atom stereocenters. The lowest BCUT2D eigenvalue weighted by Gasteiger charge is -2.12. The molecule has 0 amide bonds. The number of halogens is 6. The van der Waals surface area contributed by atoms with E-state index in [1.54, 1.807) is 0 Å². The molecule has 12 heteroatoms. The van der Waals surface area contributed by atoms with Crippen molar-refractivity contribution in [3.63, 3.8) is 0 Å². The Morgan fingerprint density at radius 2 is 1.67 bits per heavy atom. The van der Waals surface area contributed by atoms with Crippen molar-refractivity contribution < 1.29 is 30.9 Å². The summed E-state index contributed by atoms with van der Waals surface area (Å²) >= 11 is -1.85. The van der Waals surface area contributed by atoms with Gasteiger partial charge in [0, 0.05) is 19.3 Å². The van der Waals surface area contributed by atoms with Gasteiger partial charge in [-0.15, -0.1) is 0 Å². The van der Waals surface area contributed by atoms with Crippen LogP contribution in [0.2, 0.25) is 0 Å². The molecule has 0 N–H and O–H groups in total. The third-order valence-corrected chi connectivity index (χ3v) is 4.69. The van der Waals surface area contributed by atoms with Crippen LogP contribution < -0.4 is 0 Å². The number of fused-ring (bicyclic) bond motifs is 1. The predicted octanol–water partition coefficient (Wildman–Crippen LogP) is 3.81. The SMILES string of the molecule is Cn1c(-c2ncc(C(F)(F)F)cc2[S+](C)[O-])nc2cc(C(F)(F)F)ncc21. The van der Waals surface area contributed by atoms with E-state index in [9.17, 15) is 30.9 Å². The summed E-state index contributed by atoms with van der Waals surface area (Å²) in [7, 11) is 1.45. The maximum Gasteiger partial charge on any atom is 0.433 e. The van der Waals surface area contributed by atoms with Gasteiger partial charge in [-0.2, -0.15) is 26.3 Å². The van der Waals surface area contributed by atoms with Crippen molar-refractivity contribution in [2.24, 2.45) is 7.05 Å². The quantitative estimate of drug-likeness (QED) is 0.478. The van der Waals surface area contributed by atoms with Crippen LogP contribution >= 0.6 is 0 Å². The number of aryl methyl sites for hydroxylation is 1. The number of rotatable bonds is 2. The normalized spacial score (nSPS) is 14.0. The van der Waals surface area contributed by atoms with Gasteiger partial charge in [0.25, 0.3) is 0 Å². The van der Waals surface area contributed by atoms with Gasteiger partial charge in [0.1, 0.15) is 11.9 Å². The zero-order chi connectivity index (χ0) is 20.1. The summed E-state index contributed by atoms with van der Waals surface area (Å²) in [6.45, 7) is 0. The molecular weight excluding hydrogens is 398 g/mol. The fourth-order valence-electron chi connectivity index (χ4n) is 2.44.